The average molecular weight is 324 g/mol. The fourth-order valence-electron chi connectivity index (χ4n) is 2.79. The number of hydrogen-bond acceptors (Lipinski definition) is 2. The lowest BCUT2D eigenvalue weighted by atomic mass is 9.99. The third kappa shape index (κ3) is 3.70. The van der Waals surface area contributed by atoms with Crippen molar-refractivity contribution in [3.8, 4) is 11.1 Å². The molecule has 0 spiro atoms. The highest BCUT2D eigenvalue weighted by Crippen LogP contribution is 2.22. The van der Waals surface area contributed by atoms with E-state index in [1.165, 1.54) is 12.1 Å². The van der Waals surface area contributed by atoms with Crippen molar-refractivity contribution in [2.45, 2.75) is 32.6 Å². The molecule has 0 aromatic heterocycles. The topological polar surface area (TPSA) is 32.7 Å². The van der Waals surface area contributed by atoms with Gasteiger partial charge in [-0.15, -0.1) is 0 Å². The fraction of sp³-hybridized carbons (Fsp3) is 0.300. The van der Waals surface area contributed by atoms with Gasteiger partial charge in [-0.25, -0.2) is 9.40 Å². The smallest absolute Gasteiger partial charge is 0.243 e. The van der Waals surface area contributed by atoms with Crippen molar-refractivity contribution < 1.29 is 9.18 Å². The third-order valence-corrected chi connectivity index (χ3v) is 4.22. The number of halogens is 1. The Morgan fingerprint density at radius 2 is 1.54 bits per heavy atom. The van der Waals surface area contributed by atoms with Gasteiger partial charge in [-0.05, 0) is 35.2 Å². The van der Waals surface area contributed by atoms with Crippen molar-refractivity contribution in [1.29, 1.82) is 0 Å². The highest BCUT2D eigenvalue weighted by atomic mass is 19.1. The maximum Gasteiger partial charge on any atom is 0.243 e. The zero-order valence-corrected chi connectivity index (χ0v) is 13.8. The minimum absolute atomic E-state index is 0.107. The molecule has 0 aliphatic carbocycles. The molecule has 3 rings (SSSR count). The van der Waals surface area contributed by atoms with Crippen LogP contribution in [0.25, 0.3) is 11.1 Å². The quantitative estimate of drug-likeness (QED) is 0.790. The fourth-order valence-corrected chi connectivity index (χ4v) is 2.79. The highest BCUT2D eigenvalue weighted by Gasteiger charge is 2.20. The van der Waals surface area contributed by atoms with Gasteiger partial charge in [-0.3, -0.25) is 4.79 Å². The van der Waals surface area contributed by atoms with Crippen molar-refractivity contribution in [3.05, 3.63) is 59.9 Å². The monoisotopic (exact) mass is 324 g/mol. The second kappa shape index (κ2) is 7.39. The van der Waals surface area contributed by atoms with Crippen molar-refractivity contribution in [1.82, 2.24) is 5.01 Å². The summed E-state index contributed by atoms with van der Waals surface area (Å²) in [5.41, 5.74) is 4.01. The largest absolute Gasteiger partial charge is 0.273 e. The minimum Gasteiger partial charge on any atom is -0.273 e. The molecule has 0 atom stereocenters. The molecule has 1 amide bonds. The molecule has 24 heavy (non-hydrogen) atoms. The van der Waals surface area contributed by atoms with Crippen LogP contribution in [0.2, 0.25) is 0 Å². The van der Waals surface area contributed by atoms with Gasteiger partial charge < -0.3 is 0 Å². The number of hydrazone groups is 1. The second-order valence-corrected chi connectivity index (χ2v) is 6.00. The van der Waals surface area contributed by atoms with Crippen molar-refractivity contribution in [3.63, 3.8) is 0 Å². The molecule has 0 N–H and O–H groups in total. The number of carbonyl (C=O) groups is 1. The molecule has 1 aliphatic heterocycles. The molecule has 0 fully saturated rings. The number of benzene rings is 2. The molecule has 0 unspecified atom stereocenters. The number of rotatable bonds is 5. The molecule has 2 aromatic rings. The van der Waals surface area contributed by atoms with Gasteiger partial charge in [0.15, 0.2) is 0 Å². The van der Waals surface area contributed by atoms with Crippen LogP contribution in [-0.2, 0) is 4.79 Å². The standard InChI is InChI=1S/C20H21FN2O/c1-2-3-14-23-20(24)13-12-19(22-23)17-6-4-15(5-7-17)16-8-10-18(21)11-9-16/h4-11H,2-3,12-14H2,1H3. The molecule has 0 saturated carbocycles. The predicted molar refractivity (Wildman–Crippen MR) is 94.2 cm³/mol. The lowest BCUT2D eigenvalue weighted by molar-refractivity contribution is -0.131. The maximum atomic E-state index is 13.0. The average Bonchev–Trinajstić information content (AvgIpc) is 2.62. The van der Waals surface area contributed by atoms with Crippen LogP contribution in [0.3, 0.4) is 0 Å². The molecule has 4 heteroatoms. The summed E-state index contributed by atoms with van der Waals surface area (Å²) in [5.74, 6) is -0.126. The zero-order chi connectivity index (χ0) is 16.9. The summed E-state index contributed by atoms with van der Waals surface area (Å²) < 4.78 is 13.0. The Morgan fingerprint density at radius 1 is 0.958 bits per heavy atom. The normalized spacial score (nSPS) is 14.7. The summed E-state index contributed by atoms with van der Waals surface area (Å²) in [4.78, 5) is 11.9. The van der Waals surface area contributed by atoms with Gasteiger partial charge in [0, 0.05) is 19.4 Å². The summed E-state index contributed by atoms with van der Waals surface area (Å²) in [6.07, 6.45) is 3.20. The molecular weight excluding hydrogens is 303 g/mol. The van der Waals surface area contributed by atoms with E-state index in [0.717, 1.165) is 35.2 Å². The van der Waals surface area contributed by atoms with Crippen LogP contribution in [0.15, 0.2) is 53.6 Å². The first kappa shape index (κ1) is 16.4. The Balaban J connectivity index is 1.79. The summed E-state index contributed by atoms with van der Waals surface area (Å²) in [6.45, 7) is 2.79. The van der Waals surface area contributed by atoms with E-state index in [0.29, 0.717) is 19.4 Å². The first-order valence-corrected chi connectivity index (χ1v) is 8.41. The van der Waals surface area contributed by atoms with E-state index in [9.17, 15) is 9.18 Å². The van der Waals surface area contributed by atoms with E-state index in [-0.39, 0.29) is 11.7 Å². The van der Waals surface area contributed by atoms with E-state index in [4.69, 9.17) is 0 Å². The molecule has 0 radical (unpaired) electrons. The zero-order valence-electron chi connectivity index (χ0n) is 13.8. The van der Waals surface area contributed by atoms with E-state index in [1.807, 2.05) is 24.3 Å². The summed E-state index contributed by atoms with van der Waals surface area (Å²) in [5, 5.41) is 6.14. The first-order valence-electron chi connectivity index (χ1n) is 8.41. The van der Waals surface area contributed by atoms with Gasteiger partial charge in [0.1, 0.15) is 5.82 Å². The Kier molecular flexibility index (Phi) is 5.04. The van der Waals surface area contributed by atoms with Gasteiger partial charge in [-0.1, -0.05) is 49.7 Å². The Bertz CT molecular complexity index is 735. The molecular formula is C20H21FN2O. The molecule has 2 aromatic carbocycles. The Hall–Kier alpha value is -2.49. The van der Waals surface area contributed by atoms with Gasteiger partial charge in [0.05, 0.1) is 5.71 Å². The second-order valence-electron chi connectivity index (χ2n) is 6.00. The molecule has 124 valence electrons. The van der Waals surface area contributed by atoms with E-state index >= 15 is 0 Å². The van der Waals surface area contributed by atoms with Gasteiger partial charge in [0.2, 0.25) is 5.91 Å². The Morgan fingerprint density at radius 3 is 2.17 bits per heavy atom. The van der Waals surface area contributed by atoms with Crippen LogP contribution >= 0.6 is 0 Å². The van der Waals surface area contributed by atoms with Crippen LogP contribution in [0.5, 0.6) is 0 Å². The molecule has 1 heterocycles. The van der Waals surface area contributed by atoms with Gasteiger partial charge in [0.25, 0.3) is 0 Å². The molecule has 0 saturated heterocycles. The molecule has 3 nitrogen and oxygen atoms in total. The van der Waals surface area contributed by atoms with Crippen molar-refractivity contribution >= 4 is 11.6 Å². The molecule has 1 aliphatic rings. The lowest BCUT2D eigenvalue weighted by Crippen LogP contribution is -2.32. The van der Waals surface area contributed by atoms with Crippen LogP contribution in [0.4, 0.5) is 4.39 Å². The highest BCUT2D eigenvalue weighted by molar-refractivity contribution is 6.04. The number of nitrogens with zero attached hydrogens (tertiary/aromatic N) is 2. The third-order valence-electron chi connectivity index (χ3n) is 4.22. The SMILES string of the molecule is CCCCN1N=C(c2ccc(-c3ccc(F)cc3)cc2)CCC1=O. The minimum atomic E-state index is -0.233. The van der Waals surface area contributed by atoms with E-state index in [1.54, 1.807) is 17.1 Å². The van der Waals surface area contributed by atoms with Crippen LogP contribution < -0.4 is 0 Å². The van der Waals surface area contributed by atoms with E-state index in [2.05, 4.69) is 12.0 Å². The van der Waals surface area contributed by atoms with Gasteiger partial charge >= 0.3 is 0 Å². The van der Waals surface area contributed by atoms with Crippen molar-refractivity contribution in [2.75, 3.05) is 6.54 Å². The predicted octanol–water partition coefficient (Wildman–Crippen LogP) is 4.62. The van der Waals surface area contributed by atoms with E-state index < -0.39 is 0 Å². The summed E-state index contributed by atoms with van der Waals surface area (Å²) in [6, 6.07) is 14.5. The first-order chi connectivity index (χ1) is 11.7. The van der Waals surface area contributed by atoms with Crippen LogP contribution in [0.1, 0.15) is 38.2 Å². The van der Waals surface area contributed by atoms with Crippen LogP contribution in [0, 0.1) is 5.82 Å². The summed E-state index contributed by atoms with van der Waals surface area (Å²) >= 11 is 0. The van der Waals surface area contributed by atoms with Crippen LogP contribution in [-0.4, -0.2) is 23.2 Å². The Labute approximate surface area is 141 Å². The summed E-state index contributed by atoms with van der Waals surface area (Å²) in [7, 11) is 0. The number of hydrogen-bond donors (Lipinski definition) is 0. The lowest BCUT2D eigenvalue weighted by Gasteiger charge is -2.23. The molecule has 0 bridgehead atoms. The number of carbonyl (C=O) groups excluding carboxylic acids is 1. The number of amides is 1. The van der Waals surface area contributed by atoms with Gasteiger partial charge in [-0.2, -0.15) is 5.10 Å². The number of unbranched alkanes of at least 4 members (excludes halogenated alkanes) is 1. The maximum absolute atomic E-state index is 13.0. The van der Waals surface area contributed by atoms with Crippen molar-refractivity contribution in [2.24, 2.45) is 5.10 Å².